The molecule has 8 heteroatoms. The Morgan fingerprint density at radius 3 is 1.27 bits per heavy atom. The molecule has 2 heterocycles. The summed E-state index contributed by atoms with van der Waals surface area (Å²) in [6, 6.07) is 16.8. The molecule has 2 aliphatic rings. The van der Waals surface area contributed by atoms with Gasteiger partial charge in [0, 0.05) is 10.8 Å². The second-order valence-electron chi connectivity index (χ2n) is 11.1. The van der Waals surface area contributed by atoms with Gasteiger partial charge in [0.15, 0.2) is 0 Å². The topological polar surface area (TPSA) is 71.1 Å². The Balaban J connectivity index is 0.000000220. The van der Waals surface area contributed by atoms with Crippen LogP contribution in [-0.2, 0) is 18.9 Å². The summed E-state index contributed by atoms with van der Waals surface area (Å²) >= 11 is 0. The molecule has 212 valence electrons. The van der Waals surface area contributed by atoms with E-state index in [1.165, 1.54) is 0 Å². The molecule has 6 nitrogen and oxygen atoms in total. The van der Waals surface area contributed by atoms with Crippen LogP contribution in [0.5, 0.6) is 0 Å². The van der Waals surface area contributed by atoms with Crippen LogP contribution >= 0.6 is 0 Å². The van der Waals surface area contributed by atoms with E-state index in [0.29, 0.717) is 11.1 Å². The molecule has 4 rings (SSSR count). The van der Waals surface area contributed by atoms with Gasteiger partial charge < -0.3 is 18.9 Å². The molecule has 2 aliphatic heterocycles. The summed E-state index contributed by atoms with van der Waals surface area (Å²) in [4.78, 5) is 24.4. The minimum Gasteiger partial charge on any atom is -0.456 e. The molecule has 2 unspecified atom stereocenters. The van der Waals surface area contributed by atoms with Gasteiger partial charge in [0.2, 0.25) is 0 Å². The quantitative estimate of drug-likeness (QED) is 0.306. The number of ether oxygens (including phenoxy) is 4. The molecule has 2 aromatic rings. The second kappa shape index (κ2) is 13.9. The number of hydrogen-bond acceptors (Lipinski definition) is 6. The van der Waals surface area contributed by atoms with Gasteiger partial charge in [0.1, 0.15) is 27.9 Å². The predicted octanol–water partition coefficient (Wildman–Crippen LogP) is 5.86. The zero-order chi connectivity index (χ0) is 29.5. The number of hydrogen-bond donors (Lipinski definition) is 0. The average molecular weight is 544 g/mol. The summed E-state index contributed by atoms with van der Waals surface area (Å²) in [6.07, 6.45) is 2.65. The van der Waals surface area contributed by atoms with Gasteiger partial charge in [-0.05, 0) is 49.9 Å². The molecular weight excluding hydrogens is 502 g/mol. The summed E-state index contributed by atoms with van der Waals surface area (Å²) in [5, 5.41) is 0. The lowest BCUT2D eigenvalue weighted by molar-refractivity contribution is -0.00463. The highest BCUT2D eigenvalue weighted by molar-refractivity contribution is 6.12. The maximum absolute atomic E-state index is 12.2. The van der Waals surface area contributed by atoms with Gasteiger partial charge in [0.25, 0.3) is 0 Å². The largest absolute Gasteiger partial charge is 0.456 e. The minimum absolute atomic E-state index is 0.0241. The summed E-state index contributed by atoms with van der Waals surface area (Å²) in [6.45, 7) is 12.4. The van der Waals surface area contributed by atoms with Gasteiger partial charge in [-0.1, -0.05) is 77.9 Å². The average Bonchev–Trinajstić information content (AvgIpc) is 3.38. The standard InChI is InChI=1S/2C16H21BO3/c2*1-4-12-16(3,5-2)13(14(17)19-12)20-15(18)11-9-7-6-8-10-11/h2*6-10,12-14H,4-5H2,1-3H3/t2*12?,13-,14+,16-/m10/s1. The second-order valence-corrected chi connectivity index (χ2v) is 11.1. The molecule has 40 heavy (non-hydrogen) atoms. The van der Waals surface area contributed by atoms with Crippen molar-refractivity contribution >= 4 is 27.6 Å². The van der Waals surface area contributed by atoms with Gasteiger partial charge in [-0.15, -0.1) is 0 Å². The van der Waals surface area contributed by atoms with Gasteiger partial charge >= 0.3 is 11.9 Å². The van der Waals surface area contributed by atoms with Crippen LogP contribution < -0.4 is 0 Å². The molecular formula is C32H42B2O6. The smallest absolute Gasteiger partial charge is 0.338 e. The first-order valence-electron chi connectivity index (χ1n) is 14.4. The molecule has 0 bridgehead atoms. The Morgan fingerprint density at radius 1 is 0.675 bits per heavy atom. The summed E-state index contributed by atoms with van der Waals surface area (Å²) < 4.78 is 22.9. The molecule has 4 radical (unpaired) electrons. The third-order valence-electron chi connectivity index (χ3n) is 8.76. The van der Waals surface area contributed by atoms with Crippen molar-refractivity contribution in [3.05, 3.63) is 71.8 Å². The Bertz CT molecular complexity index is 1010. The van der Waals surface area contributed by atoms with E-state index >= 15 is 0 Å². The lowest BCUT2D eigenvalue weighted by atomic mass is 9.73. The van der Waals surface area contributed by atoms with Crippen LogP contribution in [0.25, 0.3) is 0 Å². The van der Waals surface area contributed by atoms with E-state index in [-0.39, 0.29) is 35.0 Å². The molecule has 8 atom stereocenters. The van der Waals surface area contributed by atoms with Crippen LogP contribution in [0.3, 0.4) is 0 Å². The van der Waals surface area contributed by atoms with Crippen molar-refractivity contribution in [1.29, 1.82) is 0 Å². The van der Waals surface area contributed by atoms with Crippen molar-refractivity contribution in [1.82, 2.24) is 0 Å². The molecule has 0 amide bonds. The van der Waals surface area contributed by atoms with Gasteiger partial charge in [-0.25, -0.2) is 9.59 Å². The van der Waals surface area contributed by atoms with Crippen molar-refractivity contribution in [3.63, 3.8) is 0 Å². The van der Waals surface area contributed by atoms with Crippen molar-refractivity contribution in [2.24, 2.45) is 10.8 Å². The molecule has 0 spiro atoms. The first kappa shape index (κ1) is 32.0. The summed E-state index contributed by atoms with van der Waals surface area (Å²) in [5.74, 6) is -0.683. The zero-order valence-electron chi connectivity index (χ0n) is 24.7. The highest BCUT2D eigenvalue weighted by Crippen LogP contribution is 2.45. The molecule has 2 saturated heterocycles. The number of benzene rings is 2. The lowest BCUT2D eigenvalue weighted by Gasteiger charge is -2.33. The molecule has 0 aromatic heterocycles. The van der Waals surface area contributed by atoms with Crippen molar-refractivity contribution in [3.8, 4) is 0 Å². The van der Waals surface area contributed by atoms with E-state index in [0.717, 1.165) is 25.7 Å². The highest BCUT2D eigenvalue weighted by Gasteiger charge is 2.52. The SMILES string of the molecule is [B][C@@H]1OC(CC)[C@](C)(CC)[C@H]1OC(=O)c1ccccc1.[B][C@H]1OC(CC)[C@@](C)(CC)[C@@H]1OC(=O)c1ccccc1. The molecule has 2 fully saturated rings. The third kappa shape index (κ3) is 6.66. The van der Waals surface area contributed by atoms with Crippen LogP contribution in [0.15, 0.2) is 60.7 Å². The van der Waals surface area contributed by atoms with E-state index in [2.05, 4.69) is 41.5 Å². The van der Waals surface area contributed by atoms with Crippen LogP contribution in [0.4, 0.5) is 0 Å². The zero-order valence-corrected chi connectivity index (χ0v) is 24.7. The monoisotopic (exact) mass is 544 g/mol. The molecule has 0 saturated carbocycles. The van der Waals surface area contributed by atoms with Crippen LogP contribution in [0.2, 0.25) is 0 Å². The number of carbonyl (C=O) groups excluding carboxylic acids is 2. The van der Waals surface area contributed by atoms with Gasteiger partial charge in [0.05, 0.1) is 35.3 Å². The fourth-order valence-electron chi connectivity index (χ4n) is 5.85. The first-order valence-corrected chi connectivity index (χ1v) is 14.4. The van der Waals surface area contributed by atoms with Crippen LogP contribution in [-0.4, -0.2) is 64.1 Å². The van der Waals surface area contributed by atoms with Gasteiger partial charge in [-0.2, -0.15) is 0 Å². The van der Waals surface area contributed by atoms with E-state index in [9.17, 15) is 9.59 Å². The molecule has 2 aromatic carbocycles. The maximum atomic E-state index is 12.2. The molecule has 0 aliphatic carbocycles. The van der Waals surface area contributed by atoms with Crippen molar-refractivity contribution in [2.45, 2.75) is 104 Å². The minimum atomic E-state index is -0.558. The Labute approximate surface area is 242 Å². The van der Waals surface area contributed by atoms with Crippen LogP contribution in [0.1, 0.15) is 87.9 Å². The molecule has 0 N–H and O–H groups in total. The van der Waals surface area contributed by atoms with E-state index in [1.807, 2.05) is 36.4 Å². The van der Waals surface area contributed by atoms with Crippen molar-refractivity contribution in [2.75, 3.05) is 0 Å². The van der Waals surface area contributed by atoms with E-state index in [1.54, 1.807) is 24.3 Å². The third-order valence-corrected chi connectivity index (χ3v) is 8.76. The van der Waals surface area contributed by atoms with Crippen LogP contribution in [0, 0.1) is 10.8 Å². The van der Waals surface area contributed by atoms with Gasteiger partial charge in [-0.3, -0.25) is 0 Å². The highest BCUT2D eigenvalue weighted by atomic mass is 16.6. The lowest BCUT2D eigenvalue weighted by Crippen LogP contribution is -2.41. The summed E-state index contributed by atoms with van der Waals surface area (Å²) in [5.41, 5.74) is 0.605. The Morgan fingerprint density at radius 2 is 1.00 bits per heavy atom. The van der Waals surface area contributed by atoms with Crippen molar-refractivity contribution < 1.29 is 28.5 Å². The maximum Gasteiger partial charge on any atom is 0.338 e. The fraction of sp³-hybridized carbons (Fsp3) is 0.562. The number of carbonyl (C=O) groups is 2. The van der Waals surface area contributed by atoms with E-state index < -0.39 is 24.2 Å². The Hall–Kier alpha value is -2.57. The first-order chi connectivity index (χ1) is 19.0. The number of esters is 2. The summed E-state index contributed by atoms with van der Waals surface area (Å²) in [7, 11) is 12.0. The Kier molecular flexibility index (Phi) is 11.1. The fourth-order valence-corrected chi connectivity index (χ4v) is 5.85. The predicted molar refractivity (Wildman–Crippen MR) is 157 cm³/mol. The normalized spacial score (nSPS) is 33.0. The van der Waals surface area contributed by atoms with E-state index in [4.69, 9.17) is 34.6 Å². The number of rotatable bonds is 8.